The van der Waals surface area contributed by atoms with Crippen LogP contribution in [0.3, 0.4) is 0 Å². The molecule has 0 radical (unpaired) electrons. The predicted molar refractivity (Wildman–Crippen MR) is 123 cm³/mol. The van der Waals surface area contributed by atoms with Gasteiger partial charge in [-0.1, -0.05) is 12.1 Å². The molecule has 0 atom stereocenters. The zero-order valence-corrected chi connectivity index (χ0v) is 18.3. The van der Waals surface area contributed by atoms with Crippen molar-refractivity contribution in [2.24, 2.45) is 0 Å². The van der Waals surface area contributed by atoms with Crippen LogP contribution in [0.25, 0.3) is 5.65 Å². The highest BCUT2D eigenvalue weighted by Crippen LogP contribution is 2.30. The van der Waals surface area contributed by atoms with Crippen LogP contribution in [0.5, 0.6) is 17.2 Å². The lowest BCUT2D eigenvalue weighted by Crippen LogP contribution is -2.12. The number of pyridine rings is 1. The van der Waals surface area contributed by atoms with Gasteiger partial charge in [-0.05, 0) is 55.8 Å². The molecule has 0 unspecified atom stereocenters. The average molecular weight is 431 g/mol. The smallest absolute Gasteiger partial charge is 0.255 e. The Bertz CT molecular complexity index is 1250. The lowest BCUT2D eigenvalue weighted by molar-refractivity contribution is 0.102. The summed E-state index contributed by atoms with van der Waals surface area (Å²) in [6, 6.07) is 16.3. The number of nitrogens with zero attached hydrogens (tertiary/aromatic N) is 2. The van der Waals surface area contributed by atoms with Gasteiger partial charge in [0.25, 0.3) is 5.91 Å². The van der Waals surface area contributed by atoms with Crippen LogP contribution in [0.15, 0.2) is 67.0 Å². The molecule has 2 heterocycles. The molecule has 7 heteroatoms. The molecule has 7 nitrogen and oxygen atoms in total. The Labute approximate surface area is 186 Å². The van der Waals surface area contributed by atoms with E-state index >= 15 is 0 Å². The fourth-order valence-corrected chi connectivity index (χ4v) is 3.33. The fourth-order valence-electron chi connectivity index (χ4n) is 3.33. The van der Waals surface area contributed by atoms with Gasteiger partial charge >= 0.3 is 0 Å². The molecule has 1 amide bonds. The third kappa shape index (κ3) is 4.83. The minimum atomic E-state index is -0.245. The van der Waals surface area contributed by atoms with E-state index in [0.29, 0.717) is 41.7 Å². The van der Waals surface area contributed by atoms with Gasteiger partial charge in [0, 0.05) is 29.7 Å². The van der Waals surface area contributed by atoms with Crippen LogP contribution in [-0.2, 0) is 6.61 Å². The standard InChI is InChI=1S/C25H25N3O4/c1-4-31-22-10-9-19(13-23(22)30-3)27-25(29)18-6-5-7-21(12-18)32-16-20-15-28-14-17(2)8-11-24(28)26-20/h5-15H,4,16H2,1-3H3,(H,27,29). The summed E-state index contributed by atoms with van der Waals surface area (Å²) in [5.74, 6) is 1.54. The van der Waals surface area contributed by atoms with Crippen molar-refractivity contribution >= 4 is 17.2 Å². The number of nitrogens with one attached hydrogen (secondary N) is 1. The predicted octanol–water partition coefficient (Wildman–Crippen LogP) is 4.88. The molecule has 0 fully saturated rings. The lowest BCUT2D eigenvalue weighted by Gasteiger charge is -2.12. The van der Waals surface area contributed by atoms with E-state index in [1.54, 1.807) is 43.5 Å². The number of aryl methyl sites for hydroxylation is 1. The molecule has 2 aromatic heterocycles. The van der Waals surface area contributed by atoms with E-state index in [1.807, 2.05) is 48.8 Å². The van der Waals surface area contributed by atoms with Crippen molar-refractivity contribution in [2.45, 2.75) is 20.5 Å². The number of hydrogen-bond acceptors (Lipinski definition) is 5. The second-order valence-electron chi connectivity index (χ2n) is 7.27. The van der Waals surface area contributed by atoms with E-state index in [9.17, 15) is 4.79 Å². The number of methoxy groups -OCH3 is 1. The average Bonchev–Trinajstić information content (AvgIpc) is 3.21. The molecule has 0 saturated heterocycles. The molecule has 0 aliphatic carbocycles. The Morgan fingerprint density at radius 1 is 1.03 bits per heavy atom. The third-order valence-corrected chi connectivity index (χ3v) is 4.85. The van der Waals surface area contributed by atoms with Gasteiger partial charge in [-0.15, -0.1) is 0 Å². The van der Waals surface area contributed by atoms with Crippen molar-refractivity contribution in [1.29, 1.82) is 0 Å². The molecule has 32 heavy (non-hydrogen) atoms. The molecular weight excluding hydrogens is 406 g/mol. The van der Waals surface area contributed by atoms with Crippen LogP contribution in [0, 0.1) is 6.92 Å². The quantitative estimate of drug-likeness (QED) is 0.430. The molecule has 164 valence electrons. The van der Waals surface area contributed by atoms with Gasteiger partial charge in [-0.2, -0.15) is 0 Å². The highest BCUT2D eigenvalue weighted by Gasteiger charge is 2.11. The first-order valence-corrected chi connectivity index (χ1v) is 10.3. The lowest BCUT2D eigenvalue weighted by atomic mass is 10.2. The molecule has 4 aromatic rings. The van der Waals surface area contributed by atoms with Crippen LogP contribution >= 0.6 is 0 Å². The Balaban J connectivity index is 1.43. The van der Waals surface area contributed by atoms with E-state index < -0.39 is 0 Å². The zero-order valence-electron chi connectivity index (χ0n) is 18.3. The number of fused-ring (bicyclic) bond motifs is 1. The summed E-state index contributed by atoms with van der Waals surface area (Å²) in [4.78, 5) is 17.3. The van der Waals surface area contributed by atoms with E-state index in [-0.39, 0.29) is 5.91 Å². The first-order valence-electron chi connectivity index (χ1n) is 10.3. The summed E-state index contributed by atoms with van der Waals surface area (Å²) in [5.41, 5.74) is 3.94. The number of amides is 1. The summed E-state index contributed by atoms with van der Waals surface area (Å²) in [5, 5.41) is 2.88. The molecule has 0 saturated carbocycles. The largest absolute Gasteiger partial charge is 0.493 e. The molecule has 0 aliphatic rings. The number of imidazole rings is 1. The maximum atomic E-state index is 12.7. The van der Waals surface area contributed by atoms with Crippen molar-refractivity contribution < 1.29 is 19.0 Å². The highest BCUT2D eigenvalue weighted by atomic mass is 16.5. The second kappa shape index (κ2) is 9.43. The Morgan fingerprint density at radius 2 is 1.91 bits per heavy atom. The monoisotopic (exact) mass is 431 g/mol. The van der Waals surface area contributed by atoms with Crippen LogP contribution in [0.1, 0.15) is 28.5 Å². The van der Waals surface area contributed by atoms with E-state index in [4.69, 9.17) is 14.2 Å². The van der Waals surface area contributed by atoms with E-state index in [0.717, 1.165) is 16.9 Å². The molecular formula is C25H25N3O4. The number of carbonyl (C=O) groups is 1. The molecule has 0 aliphatic heterocycles. The van der Waals surface area contributed by atoms with Gasteiger partial charge in [0.15, 0.2) is 11.5 Å². The second-order valence-corrected chi connectivity index (χ2v) is 7.27. The SMILES string of the molecule is CCOc1ccc(NC(=O)c2cccc(OCc3cn4cc(C)ccc4n3)c2)cc1OC. The van der Waals surface area contributed by atoms with Crippen LogP contribution in [0.2, 0.25) is 0 Å². The van der Waals surface area contributed by atoms with Gasteiger partial charge in [-0.25, -0.2) is 4.98 Å². The van der Waals surface area contributed by atoms with Gasteiger partial charge in [-0.3, -0.25) is 4.79 Å². The molecule has 1 N–H and O–H groups in total. The Hall–Kier alpha value is -4.00. The maximum absolute atomic E-state index is 12.7. The van der Waals surface area contributed by atoms with Crippen molar-refractivity contribution in [3.8, 4) is 17.2 Å². The minimum absolute atomic E-state index is 0.245. The maximum Gasteiger partial charge on any atom is 0.255 e. The molecule has 4 rings (SSSR count). The first kappa shape index (κ1) is 21.2. The normalized spacial score (nSPS) is 10.7. The number of benzene rings is 2. The Kier molecular flexibility index (Phi) is 6.26. The summed E-state index contributed by atoms with van der Waals surface area (Å²) in [7, 11) is 1.56. The fraction of sp³-hybridized carbons (Fsp3) is 0.200. The number of aromatic nitrogens is 2. The van der Waals surface area contributed by atoms with Crippen LogP contribution < -0.4 is 19.5 Å². The molecule has 0 spiro atoms. The van der Waals surface area contributed by atoms with Crippen molar-refractivity contribution in [2.75, 3.05) is 19.0 Å². The van der Waals surface area contributed by atoms with Crippen molar-refractivity contribution in [3.63, 3.8) is 0 Å². The number of anilines is 1. The summed E-state index contributed by atoms with van der Waals surface area (Å²) >= 11 is 0. The Morgan fingerprint density at radius 3 is 2.72 bits per heavy atom. The topological polar surface area (TPSA) is 74.1 Å². The minimum Gasteiger partial charge on any atom is -0.493 e. The number of carbonyl (C=O) groups excluding carboxylic acids is 1. The van der Waals surface area contributed by atoms with E-state index in [1.165, 1.54) is 0 Å². The molecule has 2 aromatic carbocycles. The summed E-state index contributed by atoms with van der Waals surface area (Å²) < 4.78 is 18.7. The van der Waals surface area contributed by atoms with Crippen LogP contribution in [0.4, 0.5) is 5.69 Å². The van der Waals surface area contributed by atoms with Gasteiger partial charge in [0.05, 0.1) is 19.4 Å². The third-order valence-electron chi connectivity index (χ3n) is 4.85. The summed E-state index contributed by atoms with van der Waals surface area (Å²) in [6.45, 7) is 4.78. The number of hydrogen-bond donors (Lipinski definition) is 1. The van der Waals surface area contributed by atoms with Gasteiger partial charge in [0.1, 0.15) is 18.0 Å². The van der Waals surface area contributed by atoms with Gasteiger partial charge in [0.2, 0.25) is 0 Å². The summed E-state index contributed by atoms with van der Waals surface area (Å²) in [6.07, 6.45) is 3.96. The van der Waals surface area contributed by atoms with Crippen molar-refractivity contribution in [1.82, 2.24) is 9.38 Å². The van der Waals surface area contributed by atoms with Gasteiger partial charge < -0.3 is 23.9 Å². The van der Waals surface area contributed by atoms with E-state index in [2.05, 4.69) is 10.3 Å². The molecule has 0 bridgehead atoms. The number of rotatable bonds is 8. The number of ether oxygens (including phenoxy) is 3. The first-order chi connectivity index (χ1) is 15.6. The zero-order chi connectivity index (χ0) is 22.5. The van der Waals surface area contributed by atoms with Crippen LogP contribution in [-0.4, -0.2) is 29.0 Å². The highest BCUT2D eigenvalue weighted by molar-refractivity contribution is 6.04. The van der Waals surface area contributed by atoms with Crippen molar-refractivity contribution in [3.05, 3.63) is 83.8 Å².